The van der Waals surface area contributed by atoms with E-state index >= 15 is 0 Å². The highest BCUT2D eigenvalue weighted by molar-refractivity contribution is 7.12. The van der Waals surface area contributed by atoms with Gasteiger partial charge in [0.15, 0.2) is 0 Å². The van der Waals surface area contributed by atoms with Gasteiger partial charge in [0.05, 0.1) is 12.0 Å². The van der Waals surface area contributed by atoms with Gasteiger partial charge in [-0.2, -0.15) is 0 Å². The van der Waals surface area contributed by atoms with Crippen molar-refractivity contribution in [2.45, 2.75) is 20.3 Å². The maximum Gasteiger partial charge on any atom is 0.307 e. The third-order valence-corrected chi connectivity index (χ3v) is 3.82. The quantitative estimate of drug-likeness (QED) is 0.908. The Bertz CT molecular complexity index is 644. The first-order valence-electron chi connectivity index (χ1n) is 6.15. The zero-order valence-electron chi connectivity index (χ0n) is 11.3. The lowest BCUT2D eigenvalue weighted by Crippen LogP contribution is -2.12. The number of rotatable bonds is 4. The number of aryl methyl sites for hydroxylation is 2. The van der Waals surface area contributed by atoms with Crippen molar-refractivity contribution in [3.63, 3.8) is 0 Å². The normalized spacial score (nSPS) is 10.3. The summed E-state index contributed by atoms with van der Waals surface area (Å²) in [7, 11) is 0. The molecule has 0 unspecified atom stereocenters. The van der Waals surface area contributed by atoms with E-state index in [0.29, 0.717) is 16.8 Å². The molecule has 0 aliphatic carbocycles. The Morgan fingerprint density at radius 1 is 1.20 bits per heavy atom. The van der Waals surface area contributed by atoms with Crippen molar-refractivity contribution in [2.75, 3.05) is 5.32 Å². The van der Waals surface area contributed by atoms with Crippen LogP contribution in [0.2, 0.25) is 0 Å². The van der Waals surface area contributed by atoms with Gasteiger partial charge in [-0.3, -0.25) is 9.59 Å². The Labute approximate surface area is 121 Å². The predicted molar refractivity (Wildman–Crippen MR) is 79.5 cm³/mol. The van der Waals surface area contributed by atoms with Crippen LogP contribution in [0.5, 0.6) is 0 Å². The van der Waals surface area contributed by atoms with Gasteiger partial charge in [0, 0.05) is 15.4 Å². The second-order valence-electron chi connectivity index (χ2n) is 4.55. The molecular weight excluding hydrogens is 274 g/mol. The highest BCUT2D eigenvalue weighted by Crippen LogP contribution is 2.21. The molecule has 1 aromatic heterocycles. The lowest BCUT2D eigenvalue weighted by Gasteiger charge is -2.05. The first-order chi connectivity index (χ1) is 9.45. The van der Waals surface area contributed by atoms with Gasteiger partial charge in [0.2, 0.25) is 0 Å². The van der Waals surface area contributed by atoms with Gasteiger partial charge < -0.3 is 10.4 Å². The van der Waals surface area contributed by atoms with Crippen LogP contribution in [-0.2, 0) is 11.2 Å². The summed E-state index contributed by atoms with van der Waals surface area (Å²) in [6.45, 7) is 3.89. The standard InChI is InChI=1S/C15H15NO3S/c1-9-7-13(10(2)20-9)15(19)16-12-5-3-11(4-6-12)8-14(17)18/h3-7H,8H2,1-2H3,(H,16,19)(H,17,18). The molecule has 0 fully saturated rings. The van der Waals surface area contributed by atoms with Crippen molar-refractivity contribution in [1.29, 1.82) is 0 Å². The molecule has 2 N–H and O–H groups in total. The molecule has 20 heavy (non-hydrogen) atoms. The molecule has 2 rings (SSSR count). The molecule has 0 aliphatic heterocycles. The van der Waals surface area contributed by atoms with Crippen LogP contribution in [0, 0.1) is 13.8 Å². The van der Waals surface area contributed by atoms with Crippen LogP contribution >= 0.6 is 11.3 Å². The zero-order chi connectivity index (χ0) is 14.7. The Hall–Kier alpha value is -2.14. The molecule has 0 aliphatic rings. The van der Waals surface area contributed by atoms with E-state index in [1.807, 2.05) is 19.9 Å². The third-order valence-electron chi connectivity index (χ3n) is 2.85. The summed E-state index contributed by atoms with van der Waals surface area (Å²) >= 11 is 1.59. The number of hydrogen-bond donors (Lipinski definition) is 2. The maximum absolute atomic E-state index is 12.1. The highest BCUT2D eigenvalue weighted by atomic mass is 32.1. The summed E-state index contributed by atoms with van der Waals surface area (Å²) in [5.41, 5.74) is 2.05. The van der Waals surface area contributed by atoms with Gasteiger partial charge in [-0.05, 0) is 37.6 Å². The van der Waals surface area contributed by atoms with Crippen molar-refractivity contribution in [2.24, 2.45) is 0 Å². The molecule has 0 saturated heterocycles. The largest absolute Gasteiger partial charge is 0.481 e. The van der Waals surface area contributed by atoms with Crippen LogP contribution in [0.4, 0.5) is 5.69 Å². The fraction of sp³-hybridized carbons (Fsp3) is 0.200. The smallest absolute Gasteiger partial charge is 0.307 e. The minimum absolute atomic E-state index is 0.0168. The molecule has 0 atom stereocenters. The van der Waals surface area contributed by atoms with Crippen molar-refractivity contribution in [1.82, 2.24) is 0 Å². The number of anilines is 1. The summed E-state index contributed by atoms with van der Waals surface area (Å²) in [4.78, 5) is 24.8. The minimum Gasteiger partial charge on any atom is -0.481 e. The number of carbonyl (C=O) groups is 2. The number of amides is 1. The van der Waals surface area contributed by atoms with Crippen molar-refractivity contribution in [3.8, 4) is 0 Å². The molecule has 4 nitrogen and oxygen atoms in total. The second kappa shape index (κ2) is 5.88. The van der Waals surface area contributed by atoms with Crippen molar-refractivity contribution < 1.29 is 14.7 Å². The first kappa shape index (κ1) is 14.3. The maximum atomic E-state index is 12.1. The van der Waals surface area contributed by atoms with Gasteiger partial charge in [-0.1, -0.05) is 12.1 Å². The van der Waals surface area contributed by atoms with Crippen LogP contribution < -0.4 is 5.32 Å². The number of aliphatic carboxylic acids is 1. The molecule has 0 bridgehead atoms. The summed E-state index contributed by atoms with van der Waals surface area (Å²) in [5.74, 6) is -1.01. The number of nitrogens with one attached hydrogen (secondary N) is 1. The van der Waals surface area contributed by atoms with E-state index in [1.165, 1.54) is 0 Å². The molecule has 1 amide bonds. The van der Waals surface area contributed by atoms with E-state index in [1.54, 1.807) is 35.6 Å². The summed E-state index contributed by atoms with van der Waals surface area (Å²) < 4.78 is 0. The van der Waals surface area contributed by atoms with Gasteiger partial charge in [0.25, 0.3) is 5.91 Å². The second-order valence-corrected chi connectivity index (χ2v) is 6.01. The summed E-state index contributed by atoms with van der Waals surface area (Å²) in [6.07, 6.45) is -0.0168. The average molecular weight is 289 g/mol. The van der Waals surface area contributed by atoms with Gasteiger partial charge in [-0.25, -0.2) is 0 Å². The first-order valence-corrected chi connectivity index (χ1v) is 6.96. The summed E-state index contributed by atoms with van der Waals surface area (Å²) in [6, 6.07) is 8.70. The number of carbonyl (C=O) groups excluding carboxylic acids is 1. The molecule has 1 aromatic carbocycles. The number of carboxylic acid groups (broad SMARTS) is 1. The fourth-order valence-corrected chi connectivity index (χ4v) is 2.86. The van der Waals surface area contributed by atoms with Gasteiger partial charge >= 0.3 is 5.97 Å². The van der Waals surface area contributed by atoms with Gasteiger partial charge in [0.1, 0.15) is 0 Å². The number of thiophene rings is 1. The van der Waals surface area contributed by atoms with Crippen LogP contribution in [0.15, 0.2) is 30.3 Å². The Kier molecular flexibility index (Phi) is 4.20. The van der Waals surface area contributed by atoms with E-state index in [0.717, 1.165) is 9.75 Å². The molecule has 0 radical (unpaired) electrons. The van der Waals surface area contributed by atoms with Crippen molar-refractivity contribution in [3.05, 3.63) is 51.2 Å². The lowest BCUT2D eigenvalue weighted by atomic mass is 10.1. The third kappa shape index (κ3) is 3.45. The van der Waals surface area contributed by atoms with E-state index in [-0.39, 0.29) is 12.3 Å². The van der Waals surface area contributed by atoms with Crippen molar-refractivity contribution >= 4 is 28.9 Å². The summed E-state index contributed by atoms with van der Waals surface area (Å²) in [5, 5.41) is 11.5. The fourth-order valence-electron chi connectivity index (χ4n) is 1.94. The minimum atomic E-state index is -0.869. The Morgan fingerprint density at radius 3 is 2.35 bits per heavy atom. The van der Waals surface area contributed by atoms with Crippen LogP contribution in [0.3, 0.4) is 0 Å². The van der Waals surface area contributed by atoms with E-state index in [2.05, 4.69) is 5.32 Å². The molecule has 1 heterocycles. The Morgan fingerprint density at radius 2 is 1.85 bits per heavy atom. The highest BCUT2D eigenvalue weighted by Gasteiger charge is 2.12. The molecule has 0 saturated carbocycles. The van der Waals surface area contributed by atoms with Crippen LogP contribution in [0.1, 0.15) is 25.7 Å². The Balaban J connectivity index is 2.08. The molecule has 0 spiro atoms. The van der Waals surface area contributed by atoms with E-state index in [9.17, 15) is 9.59 Å². The SMILES string of the molecule is Cc1cc(C(=O)Nc2ccc(CC(=O)O)cc2)c(C)s1. The molecule has 5 heteroatoms. The molecule has 2 aromatic rings. The molecular formula is C15H15NO3S. The predicted octanol–water partition coefficient (Wildman–Crippen LogP) is 3.24. The number of hydrogen-bond acceptors (Lipinski definition) is 3. The van der Waals surface area contributed by atoms with Crippen LogP contribution in [-0.4, -0.2) is 17.0 Å². The van der Waals surface area contributed by atoms with Crippen LogP contribution in [0.25, 0.3) is 0 Å². The lowest BCUT2D eigenvalue weighted by molar-refractivity contribution is -0.136. The average Bonchev–Trinajstić information content (AvgIpc) is 2.70. The molecule has 104 valence electrons. The zero-order valence-corrected chi connectivity index (χ0v) is 12.1. The number of benzene rings is 1. The van der Waals surface area contributed by atoms with E-state index in [4.69, 9.17) is 5.11 Å². The topological polar surface area (TPSA) is 66.4 Å². The monoisotopic (exact) mass is 289 g/mol. The number of carboxylic acids is 1. The van der Waals surface area contributed by atoms with E-state index < -0.39 is 5.97 Å². The van der Waals surface area contributed by atoms with Gasteiger partial charge in [-0.15, -0.1) is 11.3 Å².